The summed E-state index contributed by atoms with van der Waals surface area (Å²) in [6, 6.07) is 7.31. The Kier molecular flexibility index (Phi) is 3.85. The molecular formula is C12H16ClN3O2S. The summed E-state index contributed by atoms with van der Waals surface area (Å²) in [5, 5.41) is 3.28. The fourth-order valence-electron chi connectivity index (χ4n) is 2.49. The zero-order valence-electron chi connectivity index (χ0n) is 10.5. The Bertz CT molecular complexity index is 609. The summed E-state index contributed by atoms with van der Waals surface area (Å²) in [4.78, 5) is 2.29. The second kappa shape index (κ2) is 5.11. The van der Waals surface area contributed by atoms with Gasteiger partial charge in [-0.1, -0.05) is 12.1 Å². The van der Waals surface area contributed by atoms with Gasteiger partial charge in [0.05, 0.1) is 0 Å². The highest BCUT2D eigenvalue weighted by atomic mass is 35.5. The molecule has 0 radical (unpaired) electrons. The highest BCUT2D eigenvalue weighted by molar-refractivity contribution is 7.90. The van der Waals surface area contributed by atoms with Crippen LogP contribution >= 0.6 is 12.4 Å². The minimum Gasteiger partial charge on any atom is -0.354 e. The fraction of sp³-hybridized carbons (Fsp3) is 0.417. The average molecular weight is 302 g/mol. The van der Waals surface area contributed by atoms with Gasteiger partial charge in [0.1, 0.15) is 4.90 Å². The van der Waals surface area contributed by atoms with Gasteiger partial charge >= 0.3 is 0 Å². The molecule has 0 aliphatic carbocycles. The summed E-state index contributed by atoms with van der Waals surface area (Å²) >= 11 is 0. The molecule has 3 rings (SSSR count). The lowest BCUT2D eigenvalue weighted by atomic mass is 10.1. The molecule has 104 valence electrons. The Labute approximate surface area is 119 Å². The topological polar surface area (TPSA) is 61.8 Å². The normalized spacial score (nSPS) is 23.4. The SMILES string of the molecule is CN(C1=NS(=O)(=O)c2ccccc21)C1CCNC1.Cl. The third-order valence-electron chi connectivity index (χ3n) is 3.53. The van der Waals surface area contributed by atoms with Crippen LogP contribution < -0.4 is 5.32 Å². The lowest BCUT2D eigenvalue weighted by molar-refractivity contribution is 0.390. The van der Waals surface area contributed by atoms with Gasteiger partial charge in [-0.2, -0.15) is 8.42 Å². The number of hydrogen-bond donors (Lipinski definition) is 1. The first-order valence-corrected chi connectivity index (χ1v) is 7.41. The number of nitrogens with one attached hydrogen (secondary N) is 1. The van der Waals surface area contributed by atoms with E-state index in [9.17, 15) is 8.42 Å². The van der Waals surface area contributed by atoms with Crippen LogP contribution in [0.4, 0.5) is 0 Å². The number of likely N-dealkylation sites (N-methyl/N-ethyl adjacent to an activating group) is 1. The molecule has 1 unspecified atom stereocenters. The molecule has 19 heavy (non-hydrogen) atoms. The molecule has 0 spiro atoms. The number of nitrogens with zero attached hydrogens (tertiary/aromatic N) is 2. The standard InChI is InChI=1S/C12H15N3O2S.ClH/c1-15(9-6-7-13-8-9)12-10-4-2-3-5-11(10)18(16,17)14-12;/h2-5,9,13H,6-8H2,1H3;1H. The van der Waals surface area contributed by atoms with Crippen molar-refractivity contribution in [1.29, 1.82) is 0 Å². The van der Waals surface area contributed by atoms with Crippen LogP contribution in [0.1, 0.15) is 12.0 Å². The van der Waals surface area contributed by atoms with Crippen molar-refractivity contribution >= 4 is 28.3 Å². The minimum absolute atomic E-state index is 0. The monoisotopic (exact) mass is 301 g/mol. The molecule has 2 aliphatic rings. The van der Waals surface area contributed by atoms with Gasteiger partial charge in [-0.25, -0.2) is 0 Å². The number of sulfonamides is 1. The molecule has 1 fully saturated rings. The van der Waals surface area contributed by atoms with Gasteiger partial charge in [0.25, 0.3) is 10.0 Å². The Morgan fingerprint density at radius 2 is 2.11 bits per heavy atom. The van der Waals surface area contributed by atoms with E-state index in [1.54, 1.807) is 12.1 Å². The van der Waals surface area contributed by atoms with Crippen LogP contribution in [0.3, 0.4) is 0 Å². The molecule has 0 saturated carbocycles. The van der Waals surface area contributed by atoms with Gasteiger partial charge in [0.15, 0.2) is 5.84 Å². The van der Waals surface area contributed by atoms with E-state index in [1.807, 2.05) is 24.1 Å². The van der Waals surface area contributed by atoms with E-state index in [1.165, 1.54) is 0 Å². The fourth-order valence-corrected chi connectivity index (χ4v) is 3.73. The number of rotatable bonds is 1. The molecule has 1 atom stereocenters. The molecule has 2 heterocycles. The molecule has 0 amide bonds. The highest BCUT2D eigenvalue weighted by Crippen LogP contribution is 2.28. The quantitative estimate of drug-likeness (QED) is 0.835. The van der Waals surface area contributed by atoms with Crippen LogP contribution in [0.2, 0.25) is 0 Å². The second-order valence-corrected chi connectivity index (χ2v) is 6.22. The predicted octanol–water partition coefficient (Wildman–Crippen LogP) is 0.851. The predicted molar refractivity (Wildman–Crippen MR) is 76.5 cm³/mol. The van der Waals surface area contributed by atoms with Gasteiger partial charge in [0.2, 0.25) is 0 Å². The van der Waals surface area contributed by atoms with Crippen LogP contribution in [0, 0.1) is 0 Å². The van der Waals surface area contributed by atoms with E-state index < -0.39 is 10.0 Å². The van der Waals surface area contributed by atoms with Crippen molar-refractivity contribution in [3.8, 4) is 0 Å². The Hall–Kier alpha value is -1.11. The Balaban J connectivity index is 0.00000133. The molecule has 2 aliphatic heterocycles. The zero-order valence-corrected chi connectivity index (χ0v) is 12.2. The Morgan fingerprint density at radius 3 is 2.79 bits per heavy atom. The second-order valence-electron chi connectivity index (χ2n) is 4.64. The van der Waals surface area contributed by atoms with E-state index in [0.717, 1.165) is 19.5 Å². The van der Waals surface area contributed by atoms with Crippen molar-refractivity contribution in [2.75, 3.05) is 20.1 Å². The van der Waals surface area contributed by atoms with Gasteiger partial charge in [-0.05, 0) is 25.1 Å². The van der Waals surface area contributed by atoms with Gasteiger partial charge < -0.3 is 10.2 Å². The van der Waals surface area contributed by atoms with E-state index in [4.69, 9.17) is 0 Å². The maximum absolute atomic E-state index is 12.0. The van der Waals surface area contributed by atoms with Gasteiger partial charge in [-0.3, -0.25) is 0 Å². The van der Waals surface area contributed by atoms with Gasteiger partial charge in [-0.15, -0.1) is 16.8 Å². The summed E-state index contributed by atoms with van der Waals surface area (Å²) in [6.45, 7) is 1.84. The summed E-state index contributed by atoms with van der Waals surface area (Å²) < 4.78 is 27.8. The summed E-state index contributed by atoms with van der Waals surface area (Å²) in [7, 11) is -1.59. The molecule has 1 aromatic rings. The van der Waals surface area contributed by atoms with Crippen molar-refractivity contribution in [3.63, 3.8) is 0 Å². The van der Waals surface area contributed by atoms with Gasteiger partial charge in [0, 0.05) is 25.2 Å². The molecule has 5 nitrogen and oxygen atoms in total. The largest absolute Gasteiger partial charge is 0.354 e. The minimum atomic E-state index is -3.50. The van der Waals surface area contributed by atoms with Crippen molar-refractivity contribution < 1.29 is 8.42 Å². The summed E-state index contributed by atoms with van der Waals surface area (Å²) in [5.74, 6) is 0.569. The van der Waals surface area contributed by atoms with Crippen LogP contribution in [-0.2, 0) is 10.0 Å². The third kappa shape index (κ3) is 2.35. The molecule has 0 aromatic heterocycles. The number of halogens is 1. The smallest absolute Gasteiger partial charge is 0.285 e. The molecule has 1 saturated heterocycles. The van der Waals surface area contributed by atoms with Crippen LogP contribution in [0.25, 0.3) is 0 Å². The van der Waals surface area contributed by atoms with Crippen molar-refractivity contribution in [2.45, 2.75) is 17.4 Å². The summed E-state index contributed by atoms with van der Waals surface area (Å²) in [6.07, 6.45) is 1.01. The van der Waals surface area contributed by atoms with Crippen molar-refractivity contribution in [3.05, 3.63) is 29.8 Å². The van der Waals surface area contributed by atoms with Crippen LogP contribution in [-0.4, -0.2) is 45.3 Å². The molecule has 1 aromatic carbocycles. The first-order valence-electron chi connectivity index (χ1n) is 5.97. The van der Waals surface area contributed by atoms with E-state index in [-0.39, 0.29) is 12.4 Å². The van der Waals surface area contributed by atoms with E-state index in [0.29, 0.717) is 22.3 Å². The average Bonchev–Trinajstić information content (AvgIpc) is 2.96. The van der Waals surface area contributed by atoms with Crippen molar-refractivity contribution in [1.82, 2.24) is 10.2 Å². The lowest BCUT2D eigenvalue weighted by Crippen LogP contribution is -2.38. The lowest BCUT2D eigenvalue weighted by Gasteiger charge is -2.25. The van der Waals surface area contributed by atoms with E-state index in [2.05, 4.69) is 9.71 Å². The van der Waals surface area contributed by atoms with Crippen molar-refractivity contribution in [2.24, 2.45) is 4.40 Å². The van der Waals surface area contributed by atoms with Crippen LogP contribution in [0.5, 0.6) is 0 Å². The Morgan fingerprint density at radius 1 is 1.37 bits per heavy atom. The number of hydrogen-bond acceptors (Lipinski definition) is 4. The maximum Gasteiger partial charge on any atom is 0.285 e. The van der Waals surface area contributed by atoms with Crippen LogP contribution in [0.15, 0.2) is 33.6 Å². The molecular weight excluding hydrogens is 286 g/mol. The highest BCUT2D eigenvalue weighted by Gasteiger charge is 2.33. The maximum atomic E-state index is 12.0. The first-order chi connectivity index (χ1) is 8.59. The molecule has 7 heteroatoms. The molecule has 1 N–H and O–H groups in total. The van der Waals surface area contributed by atoms with E-state index >= 15 is 0 Å². The number of benzene rings is 1. The number of amidine groups is 1. The molecule has 0 bridgehead atoms. The first kappa shape index (κ1) is 14.3. The summed E-state index contributed by atoms with van der Waals surface area (Å²) in [5.41, 5.74) is 0.715. The third-order valence-corrected chi connectivity index (χ3v) is 4.85. The zero-order chi connectivity index (χ0) is 12.8. The number of fused-ring (bicyclic) bond motifs is 1.